The van der Waals surface area contributed by atoms with Gasteiger partial charge in [0.2, 0.25) is 0 Å². The molecule has 0 aromatic heterocycles. The van der Waals surface area contributed by atoms with Gasteiger partial charge < -0.3 is 10.0 Å². The molecule has 40 heavy (non-hydrogen) atoms. The Morgan fingerprint density at radius 2 is 0.700 bits per heavy atom. The molecule has 1 N–H and O–H groups in total. The maximum absolute atomic E-state index is 9.45. The summed E-state index contributed by atoms with van der Waals surface area (Å²) in [6, 6.07) is 0. The summed E-state index contributed by atoms with van der Waals surface area (Å²) in [4.78, 5) is 2.49. The molecule has 0 aromatic rings. The van der Waals surface area contributed by atoms with Gasteiger partial charge in [-0.2, -0.15) is 0 Å². The molecule has 0 atom stereocenters. The second kappa shape index (κ2) is 35.9. The molecule has 0 amide bonds. The lowest BCUT2D eigenvalue weighted by atomic mass is 10.1. The van der Waals surface area contributed by atoms with Crippen LogP contribution in [0.5, 0.6) is 0 Å². The lowest BCUT2D eigenvalue weighted by Crippen LogP contribution is -2.29. The quantitative estimate of drug-likeness (QED) is 0.0656. The number of rotatable bonds is 32. The molecule has 0 rings (SSSR count). The van der Waals surface area contributed by atoms with Crippen LogP contribution < -0.4 is 0 Å². The first-order valence-corrected chi connectivity index (χ1v) is 17.8. The normalized spacial score (nSPS) is 12.5. The molecule has 0 aromatic carbocycles. The average Bonchev–Trinajstić information content (AvgIpc) is 2.96. The number of nitrogens with zero attached hydrogens (tertiary/aromatic N) is 1. The Morgan fingerprint density at radius 3 is 1.05 bits per heavy atom. The number of aliphatic hydroxyl groups excluding tert-OH is 1. The Hall–Kier alpha value is -1.12. The van der Waals surface area contributed by atoms with E-state index in [4.69, 9.17) is 0 Å². The SMILES string of the molecule is CCCCCC=CCC=CCCCCCCCCN(CCO)CCCCCCCCC=CCC=CCCCCC. The van der Waals surface area contributed by atoms with Gasteiger partial charge in [0.1, 0.15) is 0 Å². The maximum atomic E-state index is 9.45. The third kappa shape index (κ3) is 33.1. The molecule has 0 radical (unpaired) electrons. The van der Waals surface area contributed by atoms with Gasteiger partial charge in [0.25, 0.3) is 0 Å². The molecule has 0 aliphatic heterocycles. The van der Waals surface area contributed by atoms with Gasteiger partial charge in [0, 0.05) is 6.54 Å². The molecule has 0 saturated heterocycles. The zero-order valence-corrected chi connectivity index (χ0v) is 27.3. The van der Waals surface area contributed by atoms with E-state index in [1.807, 2.05) is 0 Å². The highest BCUT2D eigenvalue weighted by Gasteiger charge is 2.04. The fourth-order valence-electron chi connectivity index (χ4n) is 5.12. The molecule has 0 unspecified atom stereocenters. The van der Waals surface area contributed by atoms with Gasteiger partial charge in [-0.1, -0.05) is 140 Å². The Kier molecular flexibility index (Phi) is 34.9. The number of hydrogen-bond acceptors (Lipinski definition) is 2. The second-order valence-electron chi connectivity index (χ2n) is 11.7. The molecule has 2 nitrogen and oxygen atoms in total. The Balaban J connectivity index is 3.51. The zero-order chi connectivity index (χ0) is 29.0. The maximum Gasteiger partial charge on any atom is 0.0558 e. The third-order valence-corrected chi connectivity index (χ3v) is 7.77. The van der Waals surface area contributed by atoms with Crippen molar-refractivity contribution in [2.24, 2.45) is 0 Å². The van der Waals surface area contributed by atoms with E-state index in [2.05, 4.69) is 67.4 Å². The molecular formula is C38H71NO. The van der Waals surface area contributed by atoms with E-state index in [1.54, 1.807) is 0 Å². The van der Waals surface area contributed by atoms with Gasteiger partial charge in [-0.3, -0.25) is 0 Å². The van der Waals surface area contributed by atoms with Crippen LogP contribution in [-0.2, 0) is 0 Å². The van der Waals surface area contributed by atoms with E-state index < -0.39 is 0 Å². The smallest absolute Gasteiger partial charge is 0.0558 e. The van der Waals surface area contributed by atoms with Crippen molar-refractivity contribution < 1.29 is 5.11 Å². The van der Waals surface area contributed by atoms with Crippen molar-refractivity contribution in [3.63, 3.8) is 0 Å². The highest BCUT2D eigenvalue weighted by molar-refractivity contribution is 4.93. The van der Waals surface area contributed by atoms with Crippen LogP contribution in [0.1, 0.15) is 168 Å². The van der Waals surface area contributed by atoms with Crippen LogP contribution in [0, 0.1) is 0 Å². The van der Waals surface area contributed by atoms with Crippen molar-refractivity contribution >= 4 is 0 Å². The summed E-state index contributed by atoms with van der Waals surface area (Å²) in [5, 5.41) is 9.45. The lowest BCUT2D eigenvalue weighted by Gasteiger charge is -2.21. The molecule has 0 aliphatic rings. The van der Waals surface area contributed by atoms with E-state index in [0.29, 0.717) is 6.61 Å². The van der Waals surface area contributed by atoms with Gasteiger partial charge in [0.15, 0.2) is 0 Å². The highest BCUT2D eigenvalue weighted by Crippen LogP contribution is 2.11. The molecule has 2 heteroatoms. The van der Waals surface area contributed by atoms with Crippen molar-refractivity contribution in [2.75, 3.05) is 26.2 Å². The second-order valence-corrected chi connectivity index (χ2v) is 11.7. The van der Waals surface area contributed by atoms with E-state index in [0.717, 1.165) is 32.5 Å². The monoisotopic (exact) mass is 558 g/mol. The predicted molar refractivity (Wildman–Crippen MR) is 182 cm³/mol. The summed E-state index contributed by atoms with van der Waals surface area (Å²) in [6.07, 6.45) is 50.1. The number of unbranched alkanes of at least 4 members (excludes halogenated alkanes) is 18. The minimum absolute atomic E-state index is 0.296. The average molecular weight is 558 g/mol. The summed E-state index contributed by atoms with van der Waals surface area (Å²) >= 11 is 0. The lowest BCUT2D eigenvalue weighted by molar-refractivity contribution is 0.190. The van der Waals surface area contributed by atoms with Crippen molar-refractivity contribution in [3.8, 4) is 0 Å². The zero-order valence-electron chi connectivity index (χ0n) is 27.3. The van der Waals surface area contributed by atoms with Crippen molar-refractivity contribution in [3.05, 3.63) is 48.6 Å². The molecule has 0 bridgehead atoms. The first-order valence-electron chi connectivity index (χ1n) is 17.8. The third-order valence-electron chi connectivity index (χ3n) is 7.77. The summed E-state index contributed by atoms with van der Waals surface area (Å²) in [7, 11) is 0. The van der Waals surface area contributed by atoms with Gasteiger partial charge in [-0.05, 0) is 90.1 Å². The van der Waals surface area contributed by atoms with E-state index in [-0.39, 0.29) is 0 Å². The predicted octanol–water partition coefficient (Wildman–Crippen LogP) is 11.9. The van der Waals surface area contributed by atoms with Crippen LogP contribution in [0.15, 0.2) is 48.6 Å². The van der Waals surface area contributed by atoms with Crippen LogP contribution in [0.3, 0.4) is 0 Å². The Morgan fingerprint density at radius 1 is 0.375 bits per heavy atom. The minimum Gasteiger partial charge on any atom is -0.395 e. The number of hydrogen-bond donors (Lipinski definition) is 1. The van der Waals surface area contributed by atoms with Crippen LogP contribution in [-0.4, -0.2) is 36.2 Å². The molecule has 0 spiro atoms. The standard InChI is InChI=1S/C38H71NO/c1-3-5-7-9-11-13-15-17-19-21-23-25-27-29-31-33-35-39(37-38-40)36-34-32-30-28-26-24-22-20-18-16-14-12-10-8-6-4-2/h11-14,17-20,40H,3-10,15-16,21-38H2,1-2H3. The number of allylic oxidation sites excluding steroid dienone is 8. The summed E-state index contributed by atoms with van der Waals surface area (Å²) in [6.45, 7) is 8.00. The van der Waals surface area contributed by atoms with Crippen molar-refractivity contribution in [1.29, 1.82) is 0 Å². The molecule has 0 heterocycles. The van der Waals surface area contributed by atoms with Crippen LogP contribution >= 0.6 is 0 Å². The van der Waals surface area contributed by atoms with Gasteiger partial charge in [-0.15, -0.1) is 0 Å². The largest absolute Gasteiger partial charge is 0.395 e. The molecule has 0 fully saturated rings. The van der Waals surface area contributed by atoms with Crippen molar-refractivity contribution in [2.45, 2.75) is 168 Å². The molecule has 0 saturated carbocycles. The molecule has 0 aliphatic carbocycles. The van der Waals surface area contributed by atoms with E-state index >= 15 is 0 Å². The summed E-state index contributed by atoms with van der Waals surface area (Å²) in [5.41, 5.74) is 0. The number of aliphatic hydroxyl groups is 1. The van der Waals surface area contributed by atoms with Gasteiger partial charge in [0.05, 0.1) is 6.61 Å². The van der Waals surface area contributed by atoms with Gasteiger partial charge in [-0.25, -0.2) is 0 Å². The van der Waals surface area contributed by atoms with Crippen LogP contribution in [0.2, 0.25) is 0 Å². The Labute approximate surface area is 252 Å². The first kappa shape index (κ1) is 38.9. The topological polar surface area (TPSA) is 23.5 Å². The van der Waals surface area contributed by atoms with Crippen LogP contribution in [0.25, 0.3) is 0 Å². The summed E-state index contributed by atoms with van der Waals surface area (Å²) < 4.78 is 0. The fourth-order valence-corrected chi connectivity index (χ4v) is 5.12. The van der Waals surface area contributed by atoms with E-state index in [1.165, 1.54) is 141 Å². The Bertz CT molecular complexity index is 528. The van der Waals surface area contributed by atoms with Gasteiger partial charge >= 0.3 is 0 Å². The van der Waals surface area contributed by atoms with Crippen molar-refractivity contribution in [1.82, 2.24) is 4.90 Å². The highest BCUT2D eigenvalue weighted by atomic mass is 16.3. The minimum atomic E-state index is 0.296. The first-order chi connectivity index (χ1) is 19.8. The molecular weight excluding hydrogens is 486 g/mol. The van der Waals surface area contributed by atoms with Crippen LogP contribution in [0.4, 0.5) is 0 Å². The molecule has 234 valence electrons. The van der Waals surface area contributed by atoms with E-state index in [9.17, 15) is 5.11 Å². The fraction of sp³-hybridized carbons (Fsp3) is 0.789. The summed E-state index contributed by atoms with van der Waals surface area (Å²) in [5.74, 6) is 0.